The van der Waals surface area contributed by atoms with Crippen LogP contribution >= 0.6 is 11.8 Å². The molecule has 98 valence electrons. The molecular formula is C15H20O2S. The normalized spacial score (nSPS) is 16.5. The molecule has 1 aliphatic carbocycles. The van der Waals surface area contributed by atoms with Crippen molar-refractivity contribution >= 4 is 17.7 Å². The second-order valence-electron chi connectivity index (χ2n) is 4.63. The highest BCUT2D eigenvalue weighted by molar-refractivity contribution is 8.00. The Hall–Kier alpha value is -0.960. The van der Waals surface area contributed by atoms with E-state index < -0.39 is 0 Å². The zero-order valence-corrected chi connectivity index (χ0v) is 11.7. The van der Waals surface area contributed by atoms with E-state index in [-0.39, 0.29) is 5.97 Å². The molecule has 0 unspecified atom stereocenters. The summed E-state index contributed by atoms with van der Waals surface area (Å²) in [7, 11) is 0. The fourth-order valence-corrected chi connectivity index (χ4v) is 3.59. The summed E-state index contributed by atoms with van der Waals surface area (Å²) < 4.78 is 5.02. The molecule has 1 saturated carbocycles. The second kappa shape index (κ2) is 6.83. The summed E-state index contributed by atoms with van der Waals surface area (Å²) in [5.41, 5.74) is 0.664. The number of carbonyl (C=O) groups excluding carboxylic acids is 1. The molecule has 1 fully saturated rings. The number of thioether (sulfide) groups is 1. The topological polar surface area (TPSA) is 26.3 Å². The van der Waals surface area contributed by atoms with Crippen molar-refractivity contribution in [2.75, 3.05) is 6.61 Å². The van der Waals surface area contributed by atoms with Crippen LogP contribution in [0, 0.1) is 0 Å². The fourth-order valence-electron chi connectivity index (χ4n) is 2.29. The number of rotatable bonds is 4. The maximum Gasteiger partial charge on any atom is 0.338 e. The van der Waals surface area contributed by atoms with E-state index in [0.717, 1.165) is 5.25 Å². The van der Waals surface area contributed by atoms with Gasteiger partial charge in [0.1, 0.15) is 0 Å². The first-order chi connectivity index (χ1) is 8.79. The van der Waals surface area contributed by atoms with E-state index in [4.69, 9.17) is 4.74 Å². The van der Waals surface area contributed by atoms with Crippen LogP contribution in [0.4, 0.5) is 0 Å². The number of ether oxygens (including phenoxy) is 1. The molecular weight excluding hydrogens is 244 g/mol. The van der Waals surface area contributed by atoms with Crippen molar-refractivity contribution in [2.24, 2.45) is 0 Å². The van der Waals surface area contributed by atoms with Crippen LogP contribution in [0.2, 0.25) is 0 Å². The van der Waals surface area contributed by atoms with Gasteiger partial charge in [-0.1, -0.05) is 25.3 Å². The largest absolute Gasteiger partial charge is 0.462 e. The van der Waals surface area contributed by atoms with Crippen LogP contribution < -0.4 is 0 Å². The number of hydrogen-bond acceptors (Lipinski definition) is 3. The average molecular weight is 264 g/mol. The smallest absolute Gasteiger partial charge is 0.338 e. The molecule has 0 radical (unpaired) electrons. The van der Waals surface area contributed by atoms with Crippen molar-refractivity contribution in [1.29, 1.82) is 0 Å². The van der Waals surface area contributed by atoms with Gasteiger partial charge in [0.05, 0.1) is 12.2 Å². The van der Waals surface area contributed by atoms with Crippen LogP contribution in [0.25, 0.3) is 0 Å². The molecule has 1 aromatic rings. The zero-order chi connectivity index (χ0) is 12.8. The molecule has 0 amide bonds. The van der Waals surface area contributed by atoms with Crippen LogP contribution in [0.1, 0.15) is 49.4 Å². The Morgan fingerprint density at radius 3 is 2.83 bits per heavy atom. The van der Waals surface area contributed by atoms with Crippen LogP contribution in [0.5, 0.6) is 0 Å². The van der Waals surface area contributed by atoms with Gasteiger partial charge in [0.15, 0.2) is 0 Å². The molecule has 1 aliphatic rings. The molecule has 2 rings (SSSR count). The molecule has 0 N–H and O–H groups in total. The highest BCUT2D eigenvalue weighted by Gasteiger charge is 2.15. The first-order valence-corrected chi connectivity index (χ1v) is 7.61. The van der Waals surface area contributed by atoms with Crippen molar-refractivity contribution in [1.82, 2.24) is 0 Å². The maximum atomic E-state index is 11.7. The van der Waals surface area contributed by atoms with Crippen LogP contribution in [-0.2, 0) is 4.74 Å². The third-order valence-corrected chi connectivity index (χ3v) is 4.53. The molecule has 18 heavy (non-hydrogen) atoms. The summed E-state index contributed by atoms with van der Waals surface area (Å²) in [6, 6.07) is 7.81. The van der Waals surface area contributed by atoms with E-state index in [9.17, 15) is 4.79 Å². The Bertz CT molecular complexity index is 397. The van der Waals surface area contributed by atoms with Crippen molar-refractivity contribution < 1.29 is 9.53 Å². The highest BCUT2D eigenvalue weighted by Crippen LogP contribution is 2.33. The lowest BCUT2D eigenvalue weighted by atomic mass is 10.0. The van der Waals surface area contributed by atoms with Gasteiger partial charge >= 0.3 is 5.97 Å². The minimum absolute atomic E-state index is 0.219. The number of esters is 1. The maximum absolute atomic E-state index is 11.7. The van der Waals surface area contributed by atoms with Crippen molar-refractivity contribution in [3.63, 3.8) is 0 Å². The summed E-state index contributed by atoms with van der Waals surface area (Å²) >= 11 is 1.91. The van der Waals surface area contributed by atoms with Gasteiger partial charge in [0, 0.05) is 10.1 Å². The molecule has 0 atom stereocenters. The minimum Gasteiger partial charge on any atom is -0.462 e. The molecule has 0 aliphatic heterocycles. The van der Waals surface area contributed by atoms with Gasteiger partial charge in [-0.25, -0.2) is 4.79 Å². The zero-order valence-electron chi connectivity index (χ0n) is 10.9. The van der Waals surface area contributed by atoms with Crippen LogP contribution in [0.15, 0.2) is 29.2 Å². The Morgan fingerprint density at radius 1 is 1.33 bits per heavy atom. The molecule has 2 nitrogen and oxygen atoms in total. The van der Waals surface area contributed by atoms with E-state index in [0.29, 0.717) is 12.2 Å². The van der Waals surface area contributed by atoms with Gasteiger partial charge in [-0.3, -0.25) is 0 Å². The molecule has 3 heteroatoms. The molecule has 0 spiro atoms. The van der Waals surface area contributed by atoms with Gasteiger partial charge in [-0.05, 0) is 38.0 Å². The van der Waals surface area contributed by atoms with E-state index >= 15 is 0 Å². The van der Waals surface area contributed by atoms with Crippen molar-refractivity contribution in [3.8, 4) is 0 Å². The van der Waals surface area contributed by atoms with Gasteiger partial charge in [-0.15, -0.1) is 11.8 Å². The Morgan fingerprint density at radius 2 is 2.11 bits per heavy atom. The SMILES string of the molecule is CCOC(=O)c1cccc(SC2CCCCC2)c1. The van der Waals surface area contributed by atoms with Crippen molar-refractivity contribution in [3.05, 3.63) is 29.8 Å². The lowest BCUT2D eigenvalue weighted by Gasteiger charge is -2.21. The molecule has 0 bridgehead atoms. The number of hydrogen-bond donors (Lipinski definition) is 0. The molecule has 0 saturated heterocycles. The van der Waals surface area contributed by atoms with E-state index in [1.165, 1.54) is 37.0 Å². The van der Waals surface area contributed by atoms with Crippen molar-refractivity contribution in [2.45, 2.75) is 49.2 Å². The highest BCUT2D eigenvalue weighted by atomic mass is 32.2. The third-order valence-electron chi connectivity index (χ3n) is 3.20. The minimum atomic E-state index is -0.219. The predicted octanol–water partition coefficient (Wildman–Crippen LogP) is 4.29. The summed E-state index contributed by atoms with van der Waals surface area (Å²) in [4.78, 5) is 12.8. The molecule has 1 aromatic carbocycles. The average Bonchev–Trinajstić information content (AvgIpc) is 2.40. The summed E-state index contributed by atoms with van der Waals surface area (Å²) in [5.74, 6) is -0.219. The quantitative estimate of drug-likeness (QED) is 0.759. The van der Waals surface area contributed by atoms with Gasteiger partial charge < -0.3 is 4.74 Å². The number of benzene rings is 1. The Balaban J connectivity index is 2.00. The Kier molecular flexibility index (Phi) is 5.12. The first kappa shape index (κ1) is 13.5. The standard InChI is InChI=1S/C15H20O2S/c1-2-17-15(16)12-7-6-10-14(11-12)18-13-8-4-3-5-9-13/h6-7,10-11,13H,2-5,8-9H2,1H3. The van der Waals surface area contributed by atoms with E-state index in [2.05, 4.69) is 6.07 Å². The van der Waals surface area contributed by atoms with E-state index in [1.54, 1.807) is 0 Å². The number of carbonyl (C=O) groups is 1. The predicted molar refractivity (Wildman–Crippen MR) is 75.1 cm³/mol. The summed E-state index contributed by atoms with van der Waals surface area (Å²) in [6.45, 7) is 2.26. The van der Waals surface area contributed by atoms with Crippen LogP contribution in [0.3, 0.4) is 0 Å². The molecule has 0 heterocycles. The second-order valence-corrected chi connectivity index (χ2v) is 6.00. The third kappa shape index (κ3) is 3.77. The summed E-state index contributed by atoms with van der Waals surface area (Å²) in [6.07, 6.45) is 6.66. The first-order valence-electron chi connectivity index (χ1n) is 6.73. The van der Waals surface area contributed by atoms with E-state index in [1.807, 2.05) is 36.9 Å². The lowest BCUT2D eigenvalue weighted by Crippen LogP contribution is -2.08. The Labute approximate surface area is 113 Å². The lowest BCUT2D eigenvalue weighted by molar-refractivity contribution is 0.0526. The van der Waals surface area contributed by atoms with Gasteiger partial charge in [-0.2, -0.15) is 0 Å². The monoisotopic (exact) mass is 264 g/mol. The summed E-state index contributed by atoms with van der Waals surface area (Å²) in [5, 5.41) is 0.719. The fraction of sp³-hybridized carbons (Fsp3) is 0.533. The van der Waals surface area contributed by atoms with Gasteiger partial charge in [0.2, 0.25) is 0 Å². The van der Waals surface area contributed by atoms with Crippen LogP contribution in [-0.4, -0.2) is 17.8 Å². The van der Waals surface area contributed by atoms with Gasteiger partial charge in [0.25, 0.3) is 0 Å². The molecule has 0 aromatic heterocycles.